The first-order chi connectivity index (χ1) is 9.96. The number of hydrogen-bond donors (Lipinski definition) is 1. The minimum Gasteiger partial charge on any atom is -0.481 e. The summed E-state index contributed by atoms with van der Waals surface area (Å²) in [5, 5.41) is 8.46. The molecule has 1 rings (SSSR count). The van der Waals surface area contributed by atoms with E-state index < -0.39 is 25.8 Å². The van der Waals surface area contributed by atoms with Crippen LogP contribution < -0.4 is 0 Å². The largest absolute Gasteiger partial charge is 0.481 e. The number of benzene rings is 1. The fraction of sp³-hybridized carbons (Fsp3) is 0.417. The minimum absolute atomic E-state index is 0.0198. The fourth-order valence-corrected chi connectivity index (χ4v) is 4.08. The van der Waals surface area contributed by atoms with Crippen LogP contribution in [0.4, 0.5) is 0 Å². The summed E-state index contributed by atoms with van der Waals surface area (Å²) in [4.78, 5) is 9.97. The van der Waals surface area contributed by atoms with Crippen molar-refractivity contribution in [3.8, 4) is 0 Å². The molecule has 0 fully saturated rings. The molecule has 0 bridgehead atoms. The van der Waals surface area contributed by atoms with Crippen molar-refractivity contribution in [2.75, 3.05) is 19.8 Å². The summed E-state index contributed by atoms with van der Waals surface area (Å²) in [6.45, 7) is -0.0198. The van der Waals surface area contributed by atoms with Crippen molar-refractivity contribution in [3.63, 3.8) is 0 Å². The van der Waals surface area contributed by atoms with E-state index in [9.17, 15) is 21.6 Å². The van der Waals surface area contributed by atoms with Gasteiger partial charge in [-0.15, -0.1) is 0 Å². The predicted octanol–water partition coefficient (Wildman–Crippen LogP) is 1.23. The molecule has 0 unspecified atom stereocenters. The maximum atomic E-state index is 12.4. The number of aliphatic carboxylic acids is 1. The highest BCUT2D eigenvalue weighted by atomic mass is 35.5. The lowest BCUT2D eigenvalue weighted by Crippen LogP contribution is -2.28. The van der Waals surface area contributed by atoms with Crippen LogP contribution in [0.1, 0.15) is 12.8 Å². The molecule has 0 heterocycles. The van der Waals surface area contributed by atoms with Crippen molar-refractivity contribution in [1.29, 1.82) is 0 Å². The molecule has 0 radical (unpaired) electrons. The number of hydrogen-bond acceptors (Lipinski definition) is 5. The second-order valence-corrected chi connectivity index (χ2v) is 9.12. The lowest BCUT2D eigenvalue weighted by Gasteiger charge is -2.18. The van der Waals surface area contributed by atoms with E-state index in [1.807, 2.05) is 0 Å². The third-order valence-electron chi connectivity index (χ3n) is 2.88. The molecule has 7 nitrogen and oxygen atoms in total. The van der Waals surface area contributed by atoms with Crippen LogP contribution in [-0.4, -0.2) is 52.1 Å². The SMILES string of the molecule is CN(CCCC(=O)O)S(=O)(=O)c1cc(S(C)(=O)=O)ccc1Cl. The van der Waals surface area contributed by atoms with E-state index in [2.05, 4.69) is 0 Å². The van der Waals surface area contributed by atoms with E-state index >= 15 is 0 Å². The number of carbonyl (C=O) groups is 1. The van der Waals surface area contributed by atoms with Gasteiger partial charge in [-0.1, -0.05) is 11.6 Å². The number of sulfone groups is 1. The van der Waals surface area contributed by atoms with Gasteiger partial charge in [-0.2, -0.15) is 0 Å². The smallest absolute Gasteiger partial charge is 0.303 e. The van der Waals surface area contributed by atoms with Gasteiger partial charge in [0.2, 0.25) is 10.0 Å². The summed E-state index contributed by atoms with van der Waals surface area (Å²) in [5.41, 5.74) is 0. The van der Waals surface area contributed by atoms with Crippen LogP contribution in [0.3, 0.4) is 0 Å². The summed E-state index contributed by atoms with van der Waals surface area (Å²) in [6, 6.07) is 3.43. The summed E-state index contributed by atoms with van der Waals surface area (Å²) >= 11 is 5.86. The molecule has 0 aliphatic carbocycles. The maximum absolute atomic E-state index is 12.4. The zero-order chi connectivity index (χ0) is 17.1. The molecule has 1 N–H and O–H groups in total. The highest BCUT2D eigenvalue weighted by Crippen LogP contribution is 2.27. The Bertz CT molecular complexity index is 773. The Hall–Kier alpha value is -1.16. The van der Waals surface area contributed by atoms with Crippen molar-refractivity contribution < 1.29 is 26.7 Å². The molecule has 0 atom stereocenters. The second-order valence-electron chi connectivity index (χ2n) is 4.69. The fourth-order valence-electron chi connectivity index (χ4n) is 1.65. The van der Waals surface area contributed by atoms with Gasteiger partial charge in [0.25, 0.3) is 0 Å². The van der Waals surface area contributed by atoms with Gasteiger partial charge >= 0.3 is 5.97 Å². The van der Waals surface area contributed by atoms with E-state index in [1.165, 1.54) is 19.2 Å². The third-order valence-corrected chi connectivity index (χ3v) is 6.33. The molecule has 0 saturated heterocycles. The van der Waals surface area contributed by atoms with Crippen LogP contribution in [-0.2, 0) is 24.7 Å². The van der Waals surface area contributed by atoms with E-state index in [0.717, 1.165) is 16.6 Å². The van der Waals surface area contributed by atoms with Crippen LogP contribution in [0.5, 0.6) is 0 Å². The third kappa shape index (κ3) is 4.67. The first kappa shape index (κ1) is 18.9. The number of nitrogens with zero attached hydrogens (tertiary/aromatic N) is 1. The lowest BCUT2D eigenvalue weighted by molar-refractivity contribution is -0.137. The first-order valence-corrected chi connectivity index (χ1v) is 9.85. The standard InChI is InChI=1S/C12H16ClNO6S2/c1-14(7-3-4-12(15)16)22(19,20)11-8-9(21(2,17)18)5-6-10(11)13/h5-6,8H,3-4,7H2,1-2H3,(H,15,16). The average Bonchev–Trinajstić information content (AvgIpc) is 2.36. The van der Waals surface area contributed by atoms with Gasteiger partial charge < -0.3 is 5.11 Å². The Labute approximate surface area is 134 Å². The Balaban J connectivity index is 3.14. The lowest BCUT2D eigenvalue weighted by atomic mass is 10.3. The number of rotatable bonds is 7. The van der Waals surface area contributed by atoms with E-state index in [1.54, 1.807) is 0 Å². The van der Waals surface area contributed by atoms with Crippen LogP contribution >= 0.6 is 11.6 Å². The highest BCUT2D eigenvalue weighted by Gasteiger charge is 2.25. The van der Waals surface area contributed by atoms with Crippen LogP contribution in [0.25, 0.3) is 0 Å². The number of carboxylic acids is 1. The topological polar surface area (TPSA) is 109 Å². The molecule has 0 aliphatic heterocycles. The summed E-state index contributed by atoms with van der Waals surface area (Å²) < 4.78 is 48.8. The average molecular weight is 370 g/mol. The molecule has 0 aliphatic rings. The Morgan fingerprint density at radius 2 is 1.86 bits per heavy atom. The molecule has 0 spiro atoms. The van der Waals surface area contributed by atoms with Gasteiger partial charge in [0.15, 0.2) is 9.84 Å². The summed E-state index contributed by atoms with van der Waals surface area (Å²) in [5.74, 6) is -1.03. The van der Waals surface area contributed by atoms with Crippen molar-refractivity contribution in [3.05, 3.63) is 23.2 Å². The van der Waals surface area contributed by atoms with E-state index in [-0.39, 0.29) is 34.2 Å². The van der Waals surface area contributed by atoms with Crippen molar-refractivity contribution >= 4 is 37.4 Å². The van der Waals surface area contributed by atoms with Gasteiger partial charge in [-0.3, -0.25) is 4.79 Å². The van der Waals surface area contributed by atoms with Crippen LogP contribution in [0.2, 0.25) is 5.02 Å². The Morgan fingerprint density at radius 1 is 1.27 bits per heavy atom. The molecular formula is C12H16ClNO6S2. The summed E-state index contributed by atoms with van der Waals surface area (Å²) in [7, 11) is -6.30. The quantitative estimate of drug-likeness (QED) is 0.774. The second kappa shape index (κ2) is 6.95. The maximum Gasteiger partial charge on any atom is 0.303 e. The Kier molecular flexibility index (Phi) is 5.96. The van der Waals surface area contributed by atoms with Gasteiger partial charge in [0.05, 0.1) is 9.92 Å². The molecule has 22 heavy (non-hydrogen) atoms. The van der Waals surface area contributed by atoms with Gasteiger partial charge in [0, 0.05) is 26.3 Å². The molecular weight excluding hydrogens is 354 g/mol. The number of carboxylic acid groups (broad SMARTS) is 1. The molecule has 1 aromatic rings. The zero-order valence-corrected chi connectivity index (χ0v) is 14.4. The van der Waals surface area contributed by atoms with Gasteiger partial charge in [0.1, 0.15) is 4.90 Å². The zero-order valence-electron chi connectivity index (χ0n) is 12.0. The van der Waals surface area contributed by atoms with Crippen LogP contribution in [0, 0.1) is 0 Å². The van der Waals surface area contributed by atoms with Crippen molar-refractivity contribution in [2.24, 2.45) is 0 Å². The Morgan fingerprint density at radius 3 is 2.36 bits per heavy atom. The molecule has 0 aromatic heterocycles. The molecule has 124 valence electrons. The molecule has 0 saturated carbocycles. The summed E-state index contributed by atoms with van der Waals surface area (Å²) in [6.07, 6.45) is 0.925. The predicted molar refractivity (Wildman–Crippen MR) is 81.2 cm³/mol. The minimum atomic E-state index is -4.01. The van der Waals surface area contributed by atoms with Crippen molar-refractivity contribution in [2.45, 2.75) is 22.6 Å². The van der Waals surface area contributed by atoms with Crippen LogP contribution in [0.15, 0.2) is 28.0 Å². The number of sulfonamides is 1. The highest BCUT2D eigenvalue weighted by molar-refractivity contribution is 7.91. The monoisotopic (exact) mass is 369 g/mol. The van der Waals surface area contributed by atoms with Gasteiger partial charge in [-0.05, 0) is 24.6 Å². The van der Waals surface area contributed by atoms with Gasteiger partial charge in [-0.25, -0.2) is 21.1 Å². The normalized spacial score (nSPS) is 12.5. The molecule has 0 amide bonds. The number of halogens is 1. The molecule has 10 heteroatoms. The first-order valence-electron chi connectivity index (χ1n) is 6.14. The van der Waals surface area contributed by atoms with E-state index in [0.29, 0.717) is 0 Å². The van der Waals surface area contributed by atoms with Crippen molar-refractivity contribution in [1.82, 2.24) is 4.31 Å². The van der Waals surface area contributed by atoms with E-state index in [4.69, 9.17) is 16.7 Å². The molecule has 1 aromatic carbocycles.